The predicted octanol–water partition coefficient (Wildman–Crippen LogP) is 1.50. The predicted molar refractivity (Wildman–Crippen MR) is 98.4 cm³/mol. The molecular weight excluding hydrogens is 383 g/mol. The number of carbonyl (C=O) groups excluding carboxylic acids is 1. The van der Waals surface area contributed by atoms with E-state index in [-0.39, 0.29) is 35.9 Å². The van der Waals surface area contributed by atoms with Crippen LogP contribution in [-0.4, -0.2) is 51.3 Å². The number of guanidine groups is 1. The van der Waals surface area contributed by atoms with Crippen LogP contribution in [0.25, 0.3) is 0 Å². The van der Waals surface area contributed by atoms with Gasteiger partial charge in [-0.05, 0) is 33.6 Å². The average molecular weight is 414 g/mol. The third kappa shape index (κ3) is 15.6. The van der Waals surface area contributed by atoms with Gasteiger partial charge in [0.25, 0.3) is 0 Å². The molecule has 0 aliphatic carbocycles. The van der Waals surface area contributed by atoms with Crippen molar-refractivity contribution in [3.63, 3.8) is 0 Å². The third-order valence-corrected chi connectivity index (χ3v) is 2.53. The number of halogens is 1. The highest BCUT2D eigenvalue weighted by Gasteiger charge is 2.03. The summed E-state index contributed by atoms with van der Waals surface area (Å²) in [7, 11) is 1.73. The molecule has 0 heterocycles. The fraction of sp³-hybridized carbons (Fsp3) is 0.857. The zero-order valence-electron chi connectivity index (χ0n) is 13.7. The first-order chi connectivity index (χ1) is 9.60. The first-order valence-corrected chi connectivity index (χ1v) is 7.41. The fourth-order valence-electron chi connectivity index (χ4n) is 1.59. The minimum Gasteiger partial charge on any atom is -0.382 e. The van der Waals surface area contributed by atoms with Crippen LogP contribution < -0.4 is 16.0 Å². The summed E-state index contributed by atoms with van der Waals surface area (Å²) in [6.45, 7) is 8.92. The van der Waals surface area contributed by atoms with Crippen LogP contribution in [0.15, 0.2) is 4.99 Å². The van der Waals surface area contributed by atoms with Crippen molar-refractivity contribution in [2.45, 2.75) is 46.1 Å². The van der Waals surface area contributed by atoms with Gasteiger partial charge in [0.1, 0.15) is 0 Å². The van der Waals surface area contributed by atoms with Gasteiger partial charge in [-0.15, -0.1) is 24.0 Å². The lowest BCUT2D eigenvalue weighted by Gasteiger charge is -2.12. The molecule has 21 heavy (non-hydrogen) atoms. The number of hydrogen-bond acceptors (Lipinski definition) is 3. The molecule has 0 atom stereocenters. The van der Waals surface area contributed by atoms with Crippen molar-refractivity contribution in [2.24, 2.45) is 4.99 Å². The van der Waals surface area contributed by atoms with E-state index in [1.807, 2.05) is 20.8 Å². The number of nitrogens with one attached hydrogen (secondary N) is 3. The van der Waals surface area contributed by atoms with Crippen LogP contribution in [0.3, 0.4) is 0 Å². The SMILES string of the molecule is CCOCCCCNC(=NC)NCCC(=O)NC(C)C.I. The molecule has 0 rings (SSSR count). The Kier molecular flexibility index (Phi) is 17.1. The van der Waals surface area contributed by atoms with E-state index < -0.39 is 0 Å². The molecule has 0 aromatic carbocycles. The molecule has 0 saturated heterocycles. The van der Waals surface area contributed by atoms with Gasteiger partial charge in [-0.1, -0.05) is 0 Å². The van der Waals surface area contributed by atoms with E-state index in [0.717, 1.165) is 38.6 Å². The van der Waals surface area contributed by atoms with E-state index in [1.54, 1.807) is 7.05 Å². The van der Waals surface area contributed by atoms with Crippen molar-refractivity contribution in [2.75, 3.05) is 33.4 Å². The topological polar surface area (TPSA) is 74.8 Å². The van der Waals surface area contributed by atoms with Gasteiger partial charge < -0.3 is 20.7 Å². The molecule has 0 aliphatic rings. The monoisotopic (exact) mass is 414 g/mol. The molecule has 6 nitrogen and oxygen atoms in total. The first kappa shape index (κ1) is 22.7. The molecule has 0 aromatic rings. The maximum absolute atomic E-state index is 11.5. The number of rotatable bonds is 10. The van der Waals surface area contributed by atoms with Gasteiger partial charge in [0, 0.05) is 45.8 Å². The Labute approximate surface area is 145 Å². The Bertz CT molecular complexity index is 286. The molecule has 0 fully saturated rings. The zero-order chi connectivity index (χ0) is 15.2. The maximum atomic E-state index is 11.5. The Morgan fingerprint density at radius 1 is 1.19 bits per heavy atom. The zero-order valence-corrected chi connectivity index (χ0v) is 16.0. The Balaban J connectivity index is 0. The summed E-state index contributed by atoms with van der Waals surface area (Å²) in [6, 6.07) is 0.185. The maximum Gasteiger partial charge on any atom is 0.221 e. The largest absolute Gasteiger partial charge is 0.382 e. The highest BCUT2D eigenvalue weighted by atomic mass is 127. The minimum atomic E-state index is 0. The van der Waals surface area contributed by atoms with Crippen molar-refractivity contribution in [3.8, 4) is 0 Å². The van der Waals surface area contributed by atoms with Gasteiger partial charge in [-0.25, -0.2) is 0 Å². The second kappa shape index (κ2) is 15.8. The molecule has 0 aliphatic heterocycles. The molecule has 0 aromatic heterocycles. The molecule has 0 radical (unpaired) electrons. The smallest absolute Gasteiger partial charge is 0.221 e. The van der Waals surface area contributed by atoms with Gasteiger partial charge in [0.2, 0.25) is 5.91 Å². The molecule has 0 bridgehead atoms. The van der Waals surface area contributed by atoms with Gasteiger partial charge in [0.15, 0.2) is 5.96 Å². The molecule has 3 N–H and O–H groups in total. The molecule has 0 unspecified atom stereocenters. The minimum absolute atomic E-state index is 0. The number of carbonyl (C=O) groups is 1. The first-order valence-electron chi connectivity index (χ1n) is 7.41. The normalized spacial score (nSPS) is 11.0. The lowest BCUT2D eigenvalue weighted by Crippen LogP contribution is -2.40. The van der Waals surface area contributed by atoms with Crippen molar-refractivity contribution >= 4 is 35.8 Å². The van der Waals surface area contributed by atoms with E-state index in [9.17, 15) is 4.79 Å². The lowest BCUT2D eigenvalue weighted by molar-refractivity contribution is -0.121. The number of unbranched alkanes of at least 4 members (excludes halogenated alkanes) is 1. The third-order valence-electron chi connectivity index (χ3n) is 2.53. The van der Waals surface area contributed by atoms with Crippen LogP contribution in [0.4, 0.5) is 0 Å². The highest BCUT2D eigenvalue weighted by Crippen LogP contribution is 1.88. The Morgan fingerprint density at radius 2 is 1.86 bits per heavy atom. The molecule has 1 amide bonds. The Hall–Kier alpha value is -0.570. The molecule has 126 valence electrons. The highest BCUT2D eigenvalue weighted by molar-refractivity contribution is 14.0. The van der Waals surface area contributed by atoms with E-state index in [1.165, 1.54) is 0 Å². The van der Waals surface area contributed by atoms with Crippen LogP contribution in [0.1, 0.15) is 40.0 Å². The van der Waals surface area contributed by atoms with Crippen molar-refractivity contribution < 1.29 is 9.53 Å². The Morgan fingerprint density at radius 3 is 2.43 bits per heavy atom. The van der Waals surface area contributed by atoms with Crippen molar-refractivity contribution in [1.29, 1.82) is 0 Å². The van der Waals surface area contributed by atoms with E-state index >= 15 is 0 Å². The van der Waals surface area contributed by atoms with Crippen LogP contribution in [0, 0.1) is 0 Å². The van der Waals surface area contributed by atoms with Crippen LogP contribution >= 0.6 is 24.0 Å². The van der Waals surface area contributed by atoms with Crippen LogP contribution in [-0.2, 0) is 9.53 Å². The molecule has 0 spiro atoms. The summed E-state index contributed by atoms with van der Waals surface area (Å²) in [6.07, 6.45) is 2.52. The standard InChI is InChI=1S/C14H30N4O2.HI/c1-5-20-11-7-6-9-16-14(15-4)17-10-8-13(19)18-12(2)3;/h12H,5-11H2,1-4H3,(H,18,19)(H2,15,16,17);1H. The molecule has 0 saturated carbocycles. The summed E-state index contributed by atoms with van der Waals surface area (Å²) in [5.74, 6) is 0.790. The number of aliphatic imine (C=N–C) groups is 1. The fourth-order valence-corrected chi connectivity index (χ4v) is 1.59. The van der Waals surface area contributed by atoms with E-state index in [4.69, 9.17) is 4.74 Å². The number of nitrogens with zero attached hydrogens (tertiary/aromatic N) is 1. The summed E-state index contributed by atoms with van der Waals surface area (Å²) in [4.78, 5) is 15.6. The van der Waals surface area contributed by atoms with Gasteiger partial charge in [-0.2, -0.15) is 0 Å². The quantitative estimate of drug-likeness (QED) is 0.219. The van der Waals surface area contributed by atoms with Crippen molar-refractivity contribution in [3.05, 3.63) is 0 Å². The van der Waals surface area contributed by atoms with Gasteiger partial charge >= 0.3 is 0 Å². The second-order valence-corrected chi connectivity index (χ2v) is 4.80. The lowest BCUT2D eigenvalue weighted by atomic mass is 10.3. The molecule has 7 heteroatoms. The van der Waals surface area contributed by atoms with Gasteiger partial charge in [-0.3, -0.25) is 9.79 Å². The summed E-state index contributed by atoms with van der Waals surface area (Å²) >= 11 is 0. The average Bonchev–Trinajstić information content (AvgIpc) is 2.39. The van der Waals surface area contributed by atoms with Crippen molar-refractivity contribution in [1.82, 2.24) is 16.0 Å². The summed E-state index contributed by atoms with van der Waals surface area (Å²) < 4.78 is 5.27. The van der Waals surface area contributed by atoms with Crippen LogP contribution in [0.2, 0.25) is 0 Å². The van der Waals surface area contributed by atoms with E-state index in [0.29, 0.717) is 13.0 Å². The summed E-state index contributed by atoms with van der Waals surface area (Å²) in [5.41, 5.74) is 0. The molecular formula is C14H31IN4O2. The second-order valence-electron chi connectivity index (χ2n) is 4.80. The van der Waals surface area contributed by atoms with E-state index in [2.05, 4.69) is 20.9 Å². The number of hydrogen-bond donors (Lipinski definition) is 3. The van der Waals surface area contributed by atoms with Crippen LogP contribution in [0.5, 0.6) is 0 Å². The number of amides is 1. The van der Waals surface area contributed by atoms with Gasteiger partial charge in [0.05, 0.1) is 0 Å². The summed E-state index contributed by atoms with van der Waals surface area (Å²) in [5, 5.41) is 9.19. The number of ether oxygens (including phenoxy) is 1.